The minimum atomic E-state index is -0.186. The Bertz CT molecular complexity index is 806. The van der Waals surface area contributed by atoms with E-state index in [1.165, 1.54) is 5.56 Å². The molecular formula is C22H27NO2S. The van der Waals surface area contributed by atoms with E-state index in [4.69, 9.17) is 17.0 Å². The Labute approximate surface area is 161 Å². The zero-order chi connectivity index (χ0) is 18.7. The second kappa shape index (κ2) is 8.17. The molecule has 138 valence electrons. The van der Waals surface area contributed by atoms with Crippen molar-refractivity contribution in [1.82, 2.24) is 4.57 Å². The molecule has 0 aliphatic carbocycles. The topological polar surface area (TPSA) is 31.2 Å². The third-order valence-electron chi connectivity index (χ3n) is 4.84. The fourth-order valence-electron chi connectivity index (χ4n) is 3.69. The molecule has 0 amide bonds. The Hall–Kier alpha value is -1.94. The molecule has 2 heterocycles. The maximum Gasteiger partial charge on any atom is 0.315 e. The standard InChI is InChI=1S/C22H27NO2S/c1-4-7-16-8-5-9-17(14-16)21(26)20-12-11-19-18(10-6-13-23(19)20)22(24)25-15(2)3/h5,8-9,11-12,14-15,18H,4,6-7,10,13H2,1-3H3. The van der Waals surface area contributed by atoms with E-state index in [-0.39, 0.29) is 18.0 Å². The number of benzene rings is 1. The summed E-state index contributed by atoms with van der Waals surface area (Å²) in [6.07, 6.45) is 3.90. The third-order valence-corrected chi connectivity index (χ3v) is 5.29. The van der Waals surface area contributed by atoms with E-state index in [0.29, 0.717) is 0 Å². The smallest absolute Gasteiger partial charge is 0.315 e. The van der Waals surface area contributed by atoms with Crippen molar-refractivity contribution in [3.8, 4) is 0 Å². The van der Waals surface area contributed by atoms with Crippen LogP contribution in [0.3, 0.4) is 0 Å². The van der Waals surface area contributed by atoms with Crippen molar-refractivity contribution < 1.29 is 9.53 Å². The highest BCUT2D eigenvalue weighted by molar-refractivity contribution is 7.81. The van der Waals surface area contributed by atoms with Gasteiger partial charge in [-0.2, -0.15) is 0 Å². The Morgan fingerprint density at radius 2 is 2.12 bits per heavy atom. The first-order valence-corrected chi connectivity index (χ1v) is 9.95. The fraction of sp³-hybridized carbons (Fsp3) is 0.455. The molecule has 0 saturated heterocycles. The van der Waals surface area contributed by atoms with Gasteiger partial charge in [0.1, 0.15) is 0 Å². The number of carbonyl (C=O) groups is 1. The molecule has 0 spiro atoms. The summed E-state index contributed by atoms with van der Waals surface area (Å²) < 4.78 is 7.67. The lowest BCUT2D eigenvalue weighted by molar-refractivity contribution is -0.149. The van der Waals surface area contributed by atoms with Crippen molar-refractivity contribution in [2.24, 2.45) is 0 Å². The molecule has 3 rings (SSSR count). The van der Waals surface area contributed by atoms with Crippen LogP contribution in [-0.2, 0) is 22.5 Å². The summed E-state index contributed by atoms with van der Waals surface area (Å²) in [4.78, 5) is 13.3. The number of fused-ring (bicyclic) bond motifs is 1. The van der Waals surface area contributed by atoms with Gasteiger partial charge in [0.05, 0.1) is 22.6 Å². The normalized spacial score (nSPS) is 16.4. The Balaban J connectivity index is 1.89. The largest absolute Gasteiger partial charge is 0.462 e. The Morgan fingerprint density at radius 3 is 2.85 bits per heavy atom. The summed E-state index contributed by atoms with van der Waals surface area (Å²) in [5.41, 5.74) is 4.46. The Morgan fingerprint density at radius 1 is 1.31 bits per heavy atom. The van der Waals surface area contributed by atoms with Gasteiger partial charge in [0, 0.05) is 12.2 Å². The van der Waals surface area contributed by atoms with E-state index < -0.39 is 0 Å². The summed E-state index contributed by atoms with van der Waals surface area (Å²) in [5, 5.41) is 0. The molecule has 0 N–H and O–H groups in total. The molecule has 0 saturated carbocycles. The highest BCUT2D eigenvalue weighted by Crippen LogP contribution is 2.32. The molecule has 1 atom stereocenters. The van der Waals surface area contributed by atoms with Crippen LogP contribution in [0.15, 0.2) is 36.4 Å². The van der Waals surface area contributed by atoms with Crippen LogP contribution in [0.1, 0.15) is 68.5 Å². The molecule has 26 heavy (non-hydrogen) atoms. The minimum absolute atomic E-state index is 0.0882. The number of nitrogens with zero attached hydrogens (tertiary/aromatic N) is 1. The van der Waals surface area contributed by atoms with Crippen LogP contribution in [-0.4, -0.2) is 21.5 Å². The van der Waals surface area contributed by atoms with Gasteiger partial charge in [0.25, 0.3) is 0 Å². The average Bonchev–Trinajstić information content (AvgIpc) is 3.05. The average molecular weight is 370 g/mol. The molecule has 4 heteroatoms. The molecule has 2 aromatic rings. The van der Waals surface area contributed by atoms with Crippen LogP contribution in [0.5, 0.6) is 0 Å². The van der Waals surface area contributed by atoms with Gasteiger partial charge in [-0.3, -0.25) is 4.79 Å². The maximum absolute atomic E-state index is 12.5. The molecule has 3 nitrogen and oxygen atoms in total. The van der Waals surface area contributed by atoms with Gasteiger partial charge in [0.2, 0.25) is 0 Å². The van der Waals surface area contributed by atoms with E-state index in [1.807, 2.05) is 19.9 Å². The van der Waals surface area contributed by atoms with E-state index in [0.717, 1.165) is 54.0 Å². The van der Waals surface area contributed by atoms with Crippen LogP contribution >= 0.6 is 12.2 Å². The molecular weight excluding hydrogens is 342 g/mol. The zero-order valence-corrected chi connectivity index (χ0v) is 16.6. The van der Waals surface area contributed by atoms with Crippen molar-refractivity contribution in [3.63, 3.8) is 0 Å². The van der Waals surface area contributed by atoms with Crippen LogP contribution in [0, 0.1) is 0 Å². The molecule has 1 unspecified atom stereocenters. The number of hydrogen-bond acceptors (Lipinski definition) is 3. The third kappa shape index (κ3) is 3.90. The van der Waals surface area contributed by atoms with E-state index in [2.05, 4.69) is 41.8 Å². The number of aryl methyl sites for hydroxylation is 1. The first kappa shape index (κ1) is 18.8. The van der Waals surface area contributed by atoms with Crippen LogP contribution < -0.4 is 0 Å². The zero-order valence-electron chi connectivity index (χ0n) is 15.8. The van der Waals surface area contributed by atoms with E-state index in [9.17, 15) is 4.79 Å². The van der Waals surface area contributed by atoms with Crippen molar-refractivity contribution >= 4 is 23.1 Å². The fourth-order valence-corrected chi connectivity index (χ4v) is 4.00. The summed E-state index contributed by atoms with van der Waals surface area (Å²) in [7, 11) is 0. The number of aromatic nitrogens is 1. The van der Waals surface area contributed by atoms with Crippen molar-refractivity contribution in [2.75, 3.05) is 0 Å². The van der Waals surface area contributed by atoms with Crippen LogP contribution in [0.2, 0.25) is 0 Å². The molecule has 0 fully saturated rings. The number of thiocarbonyl (C=S) groups is 1. The summed E-state index contributed by atoms with van der Waals surface area (Å²) >= 11 is 5.81. The highest BCUT2D eigenvalue weighted by atomic mass is 32.1. The predicted molar refractivity (Wildman–Crippen MR) is 109 cm³/mol. The van der Waals surface area contributed by atoms with Crippen LogP contribution in [0.4, 0.5) is 0 Å². The van der Waals surface area contributed by atoms with Crippen molar-refractivity contribution in [2.45, 2.75) is 65.0 Å². The van der Waals surface area contributed by atoms with Gasteiger partial charge in [-0.05, 0) is 56.4 Å². The number of ether oxygens (including phenoxy) is 1. The molecule has 0 bridgehead atoms. The first-order valence-electron chi connectivity index (χ1n) is 9.54. The lowest BCUT2D eigenvalue weighted by Gasteiger charge is -2.26. The molecule has 0 radical (unpaired) electrons. The number of hydrogen-bond donors (Lipinski definition) is 0. The van der Waals surface area contributed by atoms with Crippen molar-refractivity contribution in [3.05, 3.63) is 58.9 Å². The van der Waals surface area contributed by atoms with Gasteiger partial charge in [-0.15, -0.1) is 0 Å². The first-order chi connectivity index (χ1) is 12.5. The van der Waals surface area contributed by atoms with Gasteiger partial charge < -0.3 is 9.30 Å². The van der Waals surface area contributed by atoms with Gasteiger partial charge in [-0.25, -0.2) is 0 Å². The molecule has 1 aliphatic rings. The number of esters is 1. The molecule has 1 aromatic heterocycles. The summed E-state index contributed by atoms with van der Waals surface area (Å²) in [6, 6.07) is 12.6. The maximum atomic E-state index is 12.5. The second-order valence-electron chi connectivity index (χ2n) is 7.26. The summed E-state index contributed by atoms with van der Waals surface area (Å²) in [5.74, 6) is -0.310. The number of carbonyl (C=O) groups excluding carboxylic acids is 1. The number of rotatable bonds is 6. The van der Waals surface area contributed by atoms with E-state index in [1.54, 1.807) is 0 Å². The lowest BCUT2D eigenvalue weighted by atomic mass is 9.96. The van der Waals surface area contributed by atoms with E-state index >= 15 is 0 Å². The van der Waals surface area contributed by atoms with Gasteiger partial charge in [0.15, 0.2) is 0 Å². The minimum Gasteiger partial charge on any atom is -0.462 e. The second-order valence-corrected chi connectivity index (χ2v) is 7.66. The summed E-state index contributed by atoms with van der Waals surface area (Å²) in [6.45, 7) is 6.87. The SMILES string of the molecule is CCCc1cccc(C(=S)c2ccc3n2CCCC3C(=O)OC(C)C)c1. The van der Waals surface area contributed by atoms with Crippen molar-refractivity contribution in [1.29, 1.82) is 0 Å². The van der Waals surface area contributed by atoms with Crippen LogP contribution in [0.25, 0.3) is 0 Å². The molecule has 1 aromatic carbocycles. The van der Waals surface area contributed by atoms with Gasteiger partial charge >= 0.3 is 5.97 Å². The quantitative estimate of drug-likeness (QED) is 0.406. The van der Waals surface area contributed by atoms with Gasteiger partial charge in [-0.1, -0.05) is 49.8 Å². The lowest BCUT2D eigenvalue weighted by Crippen LogP contribution is -2.26. The highest BCUT2D eigenvalue weighted by Gasteiger charge is 2.30. The monoisotopic (exact) mass is 369 g/mol. The molecule has 1 aliphatic heterocycles. The predicted octanol–water partition coefficient (Wildman–Crippen LogP) is 5.04. The Kier molecular flexibility index (Phi) is 5.92.